The van der Waals surface area contributed by atoms with Gasteiger partial charge < -0.3 is 19.2 Å². The van der Waals surface area contributed by atoms with Crippen LogP contribution in [0.1, 0.15) is 19.6 Å². The van der Waals surface area contributed by atoms with Crippen LogP contribution in [0.3, 0.4) is 0 Å². The fourth-order valence-corrected chi connectivity index (χ4v) is 2.56. The molecule has 0 aromatic carbocycles. The van der Waals surface area contributed by atoms with Crippen molar-refractivity contribution in [3.05, 3.63) is 30.0 Å². The molecule has 0 bridgehead atoms. The van der Waals surface area contributed by atoms with E-state index in [9.17, 15) is 4.57 Å². The smallest absolute Gasteiger partial charge is 0.356 e. The highest BCUT2D eigenvalue weighted by atomic mass is 31.2. The maximum Gasteiger partial charge on any atom is 0.356 e. The van der Waals surface area contributed by atoms with Crippen LogP contribution in [0.5, 0.6) is 0 Å². The highest BCUT2D eigenvalue weighted by Gasteiger charge is 2.21. The molecule has 0 spiro atoms. The van der Waals surface area contributed by atoms with E-state index in [1.807, 2.05) is 0 Å². The van der Waals surface area contributed by atoms with E-state index in [4.69, 9.17) is 19.2 Å². The van der Waals surface area contributed by atoms with E-state index < -0.39 is 7.60 Å². The van der Waals surface area contributed by atoms with Gasteiger partial charge in [0.2, 0.25) is 0 Å². The van der Waals surface area contributed by atoms with E-state index in [1.165, 1.54) is 12.1 Å². The third-order valence-electron chi connectivity index (χ3n) is 1.72. The molecule has 0 amide bonds. The van der Waals surface area contributed by atoms with Crippen LogP contribution in [0.2, 0.25) is 0 Å². The van der Waals surface area contributed by atoms with E-state index in [1.54, 1.807) is 26.0 Å². The highest BCUT2D eigenvalue weighted by molar-refractivity contribution is 7.57. The minimum absolute atomic E-state index is 0.246. The Kier molecular flexibility index (Phi) is 4.80. The normalized spacial score (nSPS) is 13.0. The topological polar surface area (TPSA) is 74.7 Å². The van der Waals surface area contributed by atoms with Crippen molar-refractivity contribution in [3.63, 3.8) is 0 Å². The number of hydrogen-bond acceptors (Lipinski definition) is 5. The van der Waals surface area contributed by atoms with Gasteiger partial charge in [0.25, 0.3) is 0 Å². The number of hydrogen-bond donors (Lipinski definition) is 1. The molecule has 0 radical (unpaired) electrons. The zero-order valence-electron chi connectivity index (χ0n) is 9.38. The predicted molar refractivity (Wildman–Crippen MR) is 61.7 cm³/mol. The Morgan fingerprint density at radius 1 is 1.50 bits per heavy atom. The second-order valence-corrected chi connectivity index (χ2v) is 4.79. The molecule has 6 heteroatoms. The third kappa shape index (κ3) is 3.52. The van der Waals surface area contributed by atoms with Crippen molar-refractivity contribution >= 4 is 13.3 Å². The molecule has 5 nitrogen and oxygen atoms in total. The molecule has 90 valence electrons. The van der Waals surface area contributed by atoms with Crippen LogP contribution >= 0.6 is 7.60 Å². The Morgan fingerprint density at radius 2 is 2.12 bits per heavy atom. The largest absolute Gasteiger partial charge is 0.463 e. The van der Waals surface area contributed by atoms with Gasteiger partial charge in [0.05, 0.1) is 31.0 Å². The van der Waals surface area contributed by atoms with Crippen molar-refractivity contribution in [1.29, 1.82) is 0 Å². The molecular weight excluding hydrogens is 229 g/mol. The lowest BCUT2D eigenvalue weighted by molar-refractivity contribution is 0.229. The maximum atomic E-state index is 12.1. The van der Waals surface area contributed by atoms with Gasteiger partial charge in [-0.3, -0.25) is 4.57 Å². The van der Waals surface area contributed by atoms with E-state index in [2.05, 4.69) is 0 Å². The first kappa shape index (κ1) is 13.0. The second-order valence-electron chi connectivity index (χ2n) is 2.94. The van der Waals surface area contributed by atoms with Gasteiger partial charge in [-0.2, -0.15) is 0 Å². The lowest BCUT2D eigenvalue weighted by Crippen LogP contribution is -1.99. The Morgan fingerprint density at radius 3 is 2.56 bits per heavy atom. The number of nitrogens with two attached hydrogens (primary N) is 1. The first-order valence-corrected chi connectivity index (χ1v) is 6.63. The molecule has 0 saturated heterocycles. The molecule has 16 heavy (non-hydrogen) atoms. The van der Waals surface area contributed by atoms with Crippen LogP contribution in [0.4, 0.5) is 0 Å². The molecule has 0 saturated carbocycles. The summed E-state index contributed by atoms with van der Waals surface area (Å²) in [4.78, 5) is 0. The lowest BCUT2D eigenvalue weighted by Gasteiger charge is -2.13. The van der Waals surface area contributed by atoms with E-state index in [-0.39, 0.29) is 5.70 Å². The Hall–Kier alpha value is -1.03. The monoisotopic (exact) mass is 245 g/mol. The zero-order chi connectivity index (χ0) is 12.0. The van der Waals surface area contributed by atoms with Gasteiger partial charge >= 0.3 is 7.60 Å². The van der Waals surface area contributed by atoms with Crippen LogP contribution < -0.4 is 5.73 Å². The van der Waals surface area contributed by atoms with Crippen molar-refractivity contribution < 1.29 is 18.0 Å². The second kappa shape index (κ2) is 5.89. The van der Waals surface area contributed by atoms with Gasteiger partial charge in [0, 0.05) is 0 Å². The summed E-state index contributed by atoms with van der Waals surface area (Å²) >= 11 is 0. The molecule has 1 rings (SSSR count). The van der Waals surface area contributed by atoms with Gasteiger partial charge in [-0.25, -0.2) is 0 Å². The predicted octanol–water partition coefficient (Wildman–Crippen LogP) is 2.80. The van der Waals surface area contributed by atoms with Crippen molar-refractivity contribution in [2.24, 2.45) is 5.73 Å². The van der Waals surface area contributed by atoms with Crippen molar-refractivity contribution in [1.82, 2.24) is 0 Å². The first-order valence-electron chi connectivity index (χ1n) is 5.02. The van der Waals surface area contributed by atoms with Crippen molar-refractivity contribution in [2.75, 3.05) is 13.2 Å². The molecule has 0 aliphatic rings. The first-order chi connectivity index (χ1) is 7.61. The Bertz CT molecular complexity index is 376. The molecule has 0 aliphatic heterocycles. The summed E-state index contributed by atoms with van der Waals surface area (Å²) in [7, 11) is -3.26. The minimum atomic E-state index is -3.26. The molecule has 0 aliphatic carbocycles. The SMILES string of the molecule is CCOP(=O)(/C=C(\N)c1ccco1)OCC. The van der Waals surface area contributed by atoms with Gasteiger partial charge in [0.15, 0.2) is 0 Å². The van der Waals surface area contributed by atoms with Crippen LogP contribution in [-0.2, 0) is 13.6 Å². The summed E-state index contributed by atoms with van der Waals surface area (Å²) in [5, 5.41) is 0. The molecular formula is C10H16NO4P. The average Bonchev–Trinajstić information content (AvgIpc) is 2.70. The summed E-state index contributed by atoms with van der Waals surface area (Å²) in [6, 6.07) is 3.37. The van der Waals surface area contributed by atoms with Gasteiger partial charge in [0.1, 0.15) is 5.76 Å². The molecule has 0 unspecified atom stereocenters. The van der Waals surface area contributed by atoms with Crippen LogP contribution in [-0.4, -0.2) is 13.2 Å². The average molecular weight is 245 g/mol. The molecule has 1 heterocycles. The zero-order valence-corrected chi connectivity index (χ0v) is 10.3. The minimum Gasteiger partial charge on any atom is -0.463 e. The van der Waals surface area contributed by atoms with Crippen molar-refractivity contribution in [2.45, 2.75) is 13.8 Å². The van der Waals surface area contributed by atoms with Gasteiger partial charge in [-0.15, -0.1) is 0 Å². The molecule has 0 atom stereocenters. The summed E-state index contributed by atoms with van der Waals surface area (Å²) < 4.78 is 27.3. The standard InChI is InChI=1S/C10H16NO4P/c1-3-14-16(12,15-4-2)8-9(11)10-6-5-7-13-10/h5-8H,3-4,11H2,1-2H3/b9-8-. The molecule has 2 N–H and O–H groups in total. The summed E-state index contributed by atoms with van der Waals surface area (Å²) in [5.41, 5.74) is 5.97. The number of furan rings is 1. The van der Waals surface area contributed by atoms with E-state index >= 15 is 0 Å². The van der Waals surface area contributed by atoms with Gasteiger partial charge in [-0.05, 0) is 26.0 Å². The van der Waals surface area contributed by atoms with Crippen LogP contribution in [0, 0.1) is 0 Å². The number of rotatable bonds is 6. The molecule has 1 aromatic heterocycles. The summed E-state index contributed by atoms with van der Waals surface area (Å²) in [6.45, 7) is 4.06. The van der Waals surface area contributed by atoms with Gasteiger partial charge in [-0.1, -0.05) is 0 Å². The van der Waals surface area contributed by atoms with Crippen molar-refractivity contribution in [3.8, 4) is 0 Å². The fraction of sp³-hybridized carbons (Fsp3) is 0.400. The third-order valence-corrected chi connectivity index (χ3v) is 3.55. The maximum absolute atomic E-state index is 12.1. The van der Waals surface area contributed by atoms with Crippen LogP contribution in [0.25, 0.3) is 5.70 Å². The molecule has 0 fully saturated rings. The summed E-state index contributed by atoms with van der Waals surface area (Å²) in [6.07, 6.45) is 1.49. The van der Waals surface area contributed by atoms with Crippen LogP contribution in [0.15, 0.2) is 28.6 Å². The van der Waals surface area contributed by atoms with E-state index in [0.717, 1.165) is 0 Å². The quantitative estimate of drug-likeness (QED) is 0.780. The fourth-order valence-electron chi connectivity index (χ4n) is 1.15. The Labute approximate surface area is 94.8 Å². The lowest BCUT2D eigenvalue weighted by atomic mass is 10.4. The van der Waals surface area contributed by atoms with E-state index in [0.29, 0.717) is 19.0 Å². The molecule has 1 aromatic rings. The summed E-state index contributed by atoms with van der Waals surface area (Å²) in [5.74, 6) is 1.72. The Balaban J connectivity index is 2.89. The highest BCUT2D eigenvalue weighted by Crippen LogP contribution is 2.50.